The predicted molar refractivity (Wildman–Crippen MR) is 64.4 cm³/mol. The normalized spacial score (nSPS) is 15.4. The molecule has 82 valence electrons. The van der Waals surface area contributed by atoms with E-state index in [1.807, 2.05) is 6.07 Å². The molecule has 1 aliphatic carbocycles. The molecule has 0 N–H and O–H groups in total. The first-order chi connectivity index (χ1) is 7.75. The van der Waals surface area contributed by atoms with Gasteiger partial charge in [0.1, 0.15) is 11.4 Å². The molecule has 0 saturated heterocycles. The fourth-order valence-electron chi connectivity index (χ4n) is 1.58. The molecule has 1 aliphatic rings. The van der Waals surface area contributed by atoms with E-state index in [0.29, 0.717) is 16.9 Å². The van der Waals surface area contributed by atoms with Gasteiger partial charge in [0.2, 0.25) is 0 Å². The Hall–Kier alpha value is -0.870. The van der Waals surface area contributed by atoms with Gasteiger partial charge in [0.05, 0.1) is 22.0 Å². The molecular weight excluding hydrogens is 291 g/mol. The predicted octanol–water partition coefficient (Wildman–Crippen LogP) is 4.03. The Morgan fingerprint density at radius 3 is 2.81 bits per heavy atom. The van der Waals surface area contributed by atoms with Crippen molar-refractivity contribution < 1.29 is 4.42 Å². The van der Waals surface area contributed by atoms with Crippen LogP contribution in [0.4, 0.5) is 0 Å². The first-order valence-corrected chi connectivity index (χ1v) is 6.18. The maximum Gasteiger partial charge on any atom is 0.164 e. The van der Waals surface area contributed by atoms with Crippen molar-refractivity contribution in [2.75, 3.05) is 0 Å². The van der Waals surface area contributed by atoms with E-state index < -0.39 is 0 Å². The van der Waals surface area contributed by atoms with E-state index in [1.54, 1.807) is 12.5 Å². The van der Waals surface area contributed by atoms with Crippen LogP contribution in [0.15, 0.2) is 27.5 Å². The molecule has 2 aromatic heterocycles. The molecule has 0 bridgehead atoms. The van der Waals surface area contributed by atoms with E-state index in [1.165, 1.54) is 12.8 Å². The fraction of sp³-hybridized carbons (Fsp3) is 0.273. The van der Waals surface area contributed by atoms with Crippen LogP contribution in [0.1, 0.15) is 24.5 Å². The zero-order valence-electron chi connectivity index (χ0n) is 8.28. The van der Waals surface area contributed by atoms with Crippen LogP contribution in [0.3, 0.4) is 0 Å². The molecule has 0 amide bonds. The molecule has 0 spiro atoms. The number of rotatable bonds is 2. The number of halogens is 2. The topological polar surface area (TPSA) is 38.9 Å². The minimum atomic E-state index is 0.466. The van der Waals surface area contributed by atoms with Crippen molar-refractivity contribution in [1.82, 2.24) is 9.97 Å². The second-order valence-corrected chi connectivity index (χ2v) is 4.97. The summed E-state index contributed by atoms with van der Waals surface area (Å²) >= 11 is 9.52. The number of furan rings is 1. The lowest BCUT2D eigenvalue weighted by Gasteiger charge is -2.05. The molecule has 0 atom stereocenters. The SMILES string of the molecule is Clc1nc(-c2ccoc2)nc(C2CC2)c1Br. The molecule has 16 heavy (non-hydrogen) atoms. The molecule has 3 rings (SSSR count). The third-order valence-corrected chi connectivity index (χ3v) is 3.86. The van der Waals surface area contributed by atoms with Crippen LogP contribution in [0.25, 0.3) is 11.4 Å². The highest BCUT2D eigenvalue weighted by Crippen LogP contribution is 2.44. The second kappa shape index (κ2) is 3.86. The van der Waals surface area contributed by atoms with Crippen LogP contribution in [0, 0.1) is 0 Å². The molecule has 5 heteroatoms. The highest BCUT2D eigenvalue weighted by Gasteiger charge is 2.29. The molecule has 1 saturated carbocycles. The summed E-state index contributed by atoms with van der Waals surface area (Å²) in [4.78, 5) is 8.77. The Balaban J connectivity index is 2.13. The van der Waals surface area contributed by atoms with Gasteiger partial charge in [-0.2, -0.15) is 0 Å². The van der Waals surface area contributed by atoms with Crippen molar-refractivity contribution in [2.24, 2.45) is 0 Å². The van der Waals surface area contributed by atoms with Gasteiger partial charge in [-0.1, -0.05) is 11.6 Å². The van der Waals surface area contributed by atoms with E-state index in [4.69, 9.17) is 16.0 Å². The van der Waals surface area contributed by atoms with Gasteiger partial charge in [0.25, 0.3) is 0 Å². The summed E-state index contributed by atoms with van der Waals surface area (Å²) in [7, 11) is 0. The fourth-order valence-corrected chi connectivity index (χ4v) is 2.26. The monoisotopic (exact) mass is 298 g/mol. The zero-order chi connectivity index (χ0) is 11.1. The highest BCUT2D eigenvalue weighted by atomic mass is 79.9. The average molecular weight is 300 g/mol. The summed E-state index contributed by atoms with van der Waals surface area (Å²) in [5.74, 6) is 1.16. The van der Waals surface area contributed by atoms with Crippen LogP contribution in [-0.2, 0) is 0 Å². The molecule has 0 aromatic carbocycles. The molecule has 0 radical (unpaired) electrons. The summed E-state index contributed by atoms with van der Waals surface area (Å²) in [6.07, 6.45) is 5.58. The standard InChI is InChI=1S/C11H8BrClN2O/c12-8-9(6-1-2-6)14-11(15-10(8)13)7-3-4-16-5-7/h3-6H,1-2H2. The van der Waals surface area contributed by atoms with Crippen molar-refractivity contribution in [3.8, 4) is 11.4 Å². The van der Waals surface area contributed by atoms with Gasteiger partial charge in [-0.3, -0.25) is 0 Å². The van der Waals surface area contributed by atoms with Crippen molar-refractivity contribution in [3.63, 3.8) is 0 Å². The van der Waals surface area contributed by atoms with Gasteiger partial charge >= 0.3 is 0 Å². The van der Waals surface area contributed by atoms with Gasteiger partial charge in [-0.05, 0) is 34.8 Å². The molecular formula is C11H8BrClN2O. The van der Waals surface area contributed by atoms with Crippen LogP contribution in [0.2, 0.25) is 5.15 Å². The van der Waals surface area contributed by atoms with Crippen LogP contribution in [0.5, 0.6) is 0 Å². The van der Waals surface area contributed by atoms with Crippen LogP contribution in [-0.4, -0.2) is 9.97 Å². The summed E-state index contributed by atoms with van der Waals surface area (Å²) in [6, 6.07) is 1.83. The Morgan fingerprint density at radius 1 is 1.38 bits per heavy atom. The van der Waals surface area contributed by atoms with Crippen molar-refractivity contribution >= 4 is 27.5 Å². The molecule has 2 aromatic rings. The Morgan fingerprint density at radius 2 is 2.19 bits per heavy atom. The highest BCUT2D eigenvalue weighted by molar-refractivity contribution is 9.10. The lowest BCUT2D eigenvalue weighted by Crippen LogP contribution is -1.96. The second-order valence-electron chi connectivity index (χ2n) is 3.82. The Bertz CT molecular complexity index is 523. The van der Waals surface area contributed by atoms with Gasteiger partial charge in [0.15, 0.2) is 5.82 Å². The average Bonchev–Trinajstić information content (AvgIpc) is 2.96. The quantitative estimate of drug-likeness (QED) is 0.786. The zero-order valence-corrected chi connectivity index (χ0v) is 10.6. The maximum absolute atomic E-state index is 6.08. The van der Waals surface area contributed by atoms with Gasteiger partial charge < -0.3 is 4.42 Å². The first kappa shape index (κ1) is 10.3. The summed E-state index contributed by atoms with van der Waals surface area (Å²) < 4.78 is 5.84. The Labute approximate surface area is 106 Å². The first-order valence-electron chi connectivity index (χ1n) is 5.01. The lowest BCUT2D eigenvalue weighted by molar-refractivity contribution is 0.568. The van der Waals surface area contributed by atoms with Gasteiger partial charge in [-0.15, -0.1) is 0 Å². The van der Waals surface area contributed by atoms with E-state index >= 15 is 0 Å². The number of hydrogen-bond donors (Lipinski definition) is 0. The number of nitrogens with zero attached hydrogens (tertiary/aromatic N) is 2. The Kier molecular flexibility index (Phi) is 2.48. The summed E-state index contributed by atoms with van der Waals surface area (Å²) in [6.45, 7) is 0. The maximum atomic E-state index is 6.08. The molecule has 2 heterocycles. The molecule has 3 nitrogen and oxygen atoms in total. The third kappa shape index (κ3) is 1.76. The smallest absolute Gasteiger partial charge is 0.164 e. The van der Waals surface area contributed by atoms with Crippen molar-refractivity contribution in [1.29, 1.82) is 0 Å². The van der Waals surface area contributed by atoms with Crippen molar-refractivity contribution in [2.45, 2.75) is 18.8 Å². The van der Waals surface area contributed by atoms with Gasteiger partial charge in [-0.25, -0.2) is 9.97 Å². The van der Waals surface area contributed by atoms with Crippen molar-refractivity contribution in [3.05, 3.63) is 33.9 Å². The largest absolute Gasteiger partial charge is 0.472 e. The minimum Gasteiger partial charge on any atom is -0.472 e. The molecule has 0 unspecified atom stereocenters. The van der Waals surface area contributed by atoms with Crippen LogP contribution >= 0.6 is 27.5 Å². The van der Waals surface area contributed by atoms with E-state index in [9.17, 15) is 0 Å². The van der Waals surface area contributed by atoms with Gasteiger partial charge in [0, 0.05) is 5.92 Å². The third-order valence-electron chi connectivity index (χ3n) is 2.58. The lowest BCUT2D eigenvalue weighted by atomic mass is 10.2. The number of aromatic nitrogens is 2. The molecule has 0 aliphatic heterocycles. The summed E-state index contributed by atoms with van der Waals surface area (Å²) in [5.41, 5.74) is 1.87. The van der Waals surface area contributed by atoms with Crippen LogP contribution < -0.4 is 0 Å². The van der Waals surface area contributed by atoms with E-state index in [-0.39, 0.29) is 0 Å². The number of hydrogen-bond acceptors (Lipinski definition) is 3. The van der Waals surface area contributed by atoms with E-state index in [2.05, 4.69) is 25.9 Å². The minimum absolute atomic E-state index is 0.466. The van der Waals surface area contributed by atoms with E-state index in [0.717, 1.165) is 15.7 Å². The molecule has 1 fully saturated rings. The summed E-state index contributed by atoms with van der Waals surface area (Å²) in [5, 5.41) is 0.466.